The molecular formula is C21H24FN3O6S. The molecule has 1 aliphatic carbocycles. The van der Waals surface area contributed by atoms with Crippen LogP contribution in [-0.4, -0.2) is 38.4 Å². The molecule has 4 rings (SSSR count). The number of benzene rings is 1. The third-order valence-electron chi connectivity index (χ3n) is 5.25. The van der Waals surface area contributed by atoms with E-state index in [9.17, 15) is 22.4 Å². The standard InChI is InChI=1S/C21H24FN3O6S/c1-13(15-4-7-18(22)19(8-15)30-11-14-2-3-14)24-32(28,29)12-17-6-5-16(31-17)9-25-10-20(26)23-21(25)27/h4-8,13-14,24H,2-3,9-12H2,1H3,(H,23,26,27)/t13-/m1/s1. The van der Waals surface area contributed by atoms with Crippen LogP contribution in [0, 0.1) is 11.7 Å². The minimum Gasteiger partial charge on any atom is -0.490 e. The number of amides is 3. The number of ether oxygens (including phenoxy) is 1. The normalized spacial score (nSPS) is 17.5. The maximum absolute atomic E-state index is 14.0. The number of halogens is 1. The molecule has 2 heterocycles. The van der Waals surface area contributed by atoms with Crippen molar-refractivity contribution in [2.75, 3.05) is 13.2 Å². The Morgan fingerprint density at radius 1 is 1.25 bits per heavy atom. The van der Waals surface area contributed by atoms with Crippen LogP contribution in [0.5, 0.6) is 5.75 Å². The second-order valence-corrected chi connectivity index (χ2v) is 9.87. The maximum atomic E-state index is 14.0. The largest absolute Gasteiger partial charge is 0.490 e. The molecule has 1 saturated carbocycles. The number of hydrogen-bond acceptors (Lipinski definition) is 6. The summed E-state index contributed by atoms with van der Waals surface area (Å²) >= 11 is 0. The SMILES string of the molecule is C[C@@H](NS(=O)(=O)Cc1ccc(CN2CC(=O)NC2=O)o1)c1ccc(F)c(OCC2CC2)c1. The number of nitrogens with zero attached hydrogens (tertiary/aromatic N) is 1. The van der Waals surface area contributed by atoms with Gasteiger partial charge in [-0.25, -0.2) is 22.3 Å². The van der Waals surface area contributed by atoms with Gasteiger partial charge >= 0.3 is 6.03 Å². The Balaban J connectivity index is 1.36. The minimum absolute atomic E-state index is 0.0562. The van der Waals surface area contributed by atoms with Crippen molar-refractivity contribution in [1.82, 2.24) is 14.9 Å². The van der Waals surface area contributed by atoms with Crippen molar-refractivity contribution in [3.8, 4) is 5.75 Å². The lowest BCUT2D eigenvalue weighted by atomic mass is 10.1. The monoisotopic (exact) mass is 465 g/mol. The lowest BCUT2D eigenvalue weighted by molar-refractivity contribution is -0.118. The van der Waals surface area contributed by atoms with Crippen molar-refractivity contribution in [1.29, 1.82) is 0 Å². The van der Waals surface area contributed by atoms with E-state index in [1.54, 1.807) is 13.0 Å². The summed E-state index contributed by atoms with van der Waals surface area (Å²) < 4.78 is 52.8. The predicted octanol–water partition coefficient (Wildman–Crippen LogP) is 2.44. The summed E-state index contributed by atoms with van der Waals surface area (Å²) in [4.78, 5) is 24.1. The highest BCUT2D eigenvalue weighted by Gasteiger charge is 2.28. The van der Waals surface area contributed by atoms with E-state index in [0.29, 0.717) is 23.8 Å². The summed E-state index contributed by atoms with van der Waals surface area (Å²) in [6, 6.07) is 6.23. The zero-order valence-corrected chi connectivity index (χ0v) is 18.3. The van der Waals surface area contributed by atoms with Crippen LogP contribution in [0.25, 0.3) is 0 Å². The van der Waals surface area contributed by atoms with Gasteiger partial charge in [-0.15, -0.1) is 0 Å². The zero-order chi connectivity index (χ0) is 22.9. The summed E-state index contributed by atoms with van der Waals surface area (Å²) in [6.45, 7) is 2.09. The van der Waals surface area contributed by atoms with Gasteiger partial charge in [0, 0.05) is 6.04 Å². The van der Waals surface area contributed by atoms with Crippen molar-refractivity contribution < 1.29 is 31.6 Å². The Hall–Kier alpha value is -2.92. The van der Waals surface area contributed by atoms with Crippen LogP contribution in [0.15, 0.2) is 34.7 Å². The Morgan fingerprint density at radius 3 is 2.69 bits per heavy atom. The Labute approximate surface area is 185 Å². The summed E-state index contributed by atoms with van der Waals surface area (Å²) in [5.74, 6) is -0.157. The van der Waals surface area contributed by atoms with Gasteiger partial charge in [0.2, 0.25) is 15.9 Å². The molecule has 1 aromatic heterocycles. The average Bonchev–Trinajstić information content (AvgIpc) is 3.36. The Kier molecular flexibility index (Phi) is 6.20. The number of nitrogens with one attached hydrogen (secondary N) is 2. The fourth-order valence-corrected chi connectivity index (χ4v) is 4.63. The van der Waals surface area contributed by atoms with Gasteiger partial charge in [-0.1, -0.05) is 6.07 Å². The number of imide groups is 1. The first-order valence-corrected chi connectivity index (χ1v) is 11.9. The smallest absolute Gasteiger partial charge is 0.324 e. The molecule has 3 amide bonds. The number of furan rings is 1. The Morgan fingerprint density at radius 2 is 2.00 bits per heavy atom. The molecule has 2 aliphatic rings. The molecule has 11 heteroatoms. The molecule has 32 heavy (non-hydrogen) atoms. The van der Waals surface area contributed by atoms with Crippen LogP contribution in [0.4, 0.5) is 9.18 Å². The first kappa shape index (κ1) is 22.3. The van der Waals surface area contributed by atoms with Crippen LogP contribution in [0.2, 0.25) is 0 Å². The van der Waals surface area contributed by atoms with Gasteiger partial charge in [-0.3, -0.25) is 10.1 Å². The van der Waals surface area contributed by atoms with E-state index < -0.39 is 39.6 Å². The zero-order valence-electron chi connectivity index (χ0n) is 17.5. The minimum atomic E-state index is -3.78. The van der Waals surface area contributed by atoms with Crippen LogP contribution in [0.1, 0.15) is 42.9 Å². The van der Waals surface area contributed by atoms with Crippen LogP contribution in [-0.2, 0) is 27.1 Å². The molecule has 1 aromatic carbocycles. The molecular weight excluding hydrogens is 441 g/mol. The average molecular weight is 466 g/mol. The number of rotatable bonds is 10. The van der Waals surface area contributed by atoms with E-state index in [1.807, 2.05) is 0 Å². The van der Waals surface area contributed by atoms with Crippen molar-refractivity contribution in [2.45, 2.75) is 38.1 Å². The number of hydrogen-bond donors (Lipinski definition) is 2. The fraction of sp³-hybridized carbons (Fsp3) is 0.429. The molecule has 0 radical (unpaired) electrons. The molecule has 0 spiro atoms. The molecule has 9 nitrogen and oxygen atoms in total. The lowest BCUT2D eigenvalue weighted by Gasteiger charge is -2.16. The molecule has 2 N–H and O–H groups in total. The number of carbonyl (C=O) groups excluding carboxylic acids is 2. The molecule has 1 aliphatic heterocycles. The van der Waals surface area contributed by atoms with Gasteiger partial charge in [0.25, 0.3) is 0 Å². The van der Waals surface area contributed by atoms with Gasteiger partial charge < -0.3 is 14.1 Å². The van der Waals surface area contributed by atoms with Crippen LogP contribution in [0.3, 0.4) is 0 Å². The second-order valence-electron chi connectivity index (χ2n) is 8.12. The summed E-state index contributed by atoms with van der Waals surface area (Å²) in [5, 5.41) is 2.16. The van der Waals surface area contributed by atoms with Crippen LogP contribution < -0.4 is 14.8 Å². The highest BCUT2D eigenvalue weighted by Crippen LogP contribution is 2.31. The summed E-state index contributed by atoms with van der Waals surface area (Å²) in [7, 11) is -3.78. The van der Waals surface area contributed by atoms with Gasteiger partial charge in [0.05, 0.1) is 13.2 Å². The molecule has 0 bridgehead atoms. The maximum Gasteiger partial charge on any atom is 0.324 e. The molecule has 1 saturated heterocycles. The van der Waals surface area contributed by atoms with Crippen molar-refractivity contribution in [3.63, 3.8) is 0 Å². The second kappa shape index (κ2) is 8.91. The first-order chi connectivity index (χ1) is 15.2. The predicted molar refractivity (Wildman–Crippen MR) is 111 cm³/mol. The van der Waals surface area contributed by atoms with Gasteiger partial charge in [0.1, 0.15) is 23.8 Å². The molecule has 0 unspecified atom stereocenters. The van der Waals surface area contributed by atoms with Gasteiger partial charge in [-0.05, 0) is 55.5 Å². The van der Waals surface area contributed by atoms with E-state index in [0.717, 1.165) is 12.8 Å². The quantitative estimate of drug-likeness (QED) is 0.521. The van der Waals surface area contributed by atoms with E-state index in [-0.39, 0.29) is 24.6 Å². The lowest BCUT2D eigenvalue weighted by Crippen LogP contribution is -2.28. The fourth-order valence-electron chi connectivity index (χ4n) is 3.34. The molecule has 2 fully saturated rings. The third kappa shape index (κ3) is 5.65. The highest BCUT2D eigenvalue weighted by atomic mass is 32.2. The molecule has 2 aromatic rings. The van der Waals surface area contributed by atoms with E-state index in [1.165, 1.54) is 29.2 Å². The number of urea groups is 1. The molecule has 172 valence electrons. The van der Waals surface area contributed by atoms with Crippen molar-refractivity contribution >= 4 is 22.0 Å². The summed E-state index contributed by atoms with van der Waals surface area (Å²) in [6.07, 6.45) is 2.16. The summed E-state index contributed by atoms with van der Waals surface area (Å²) in [5.41, 5.74) is 0.575. The highest BCUT2D eigenvalue weighted by molar-refractivity contribution is 7.88. The Bertz CT molecular complexity index is 1130. The van der Waals surface area contributed by atoms with Gasteiger partial charge in [-0.2, -0.15) is 0 Å². The van der Waals surface area contributed by atoms with E-state index in [2.05, 4.69) is 10.0 Å². The number of sulfonamides is 1. The van der Waals surface area contributed by atoms with Crippen molar-refractivity contribution in [2.24, 2.45) is 5.92 Å². The topological polar surface area (TPSA) is 118 Å². The number of carbonyl (C=O) groups is 2. The van der Waals surface area contributed by atoms with Crippen LogP contribution >= 0.6 is 0 Å². The van der Waals surface area contributed by atoms with E-state index >= 15 is 0 Å². The molecule has 1 atom stereocenters. The first-order valence-electron chi connectivity index (χ1n) is 10.3. The van der Waals surface area contributed by atoms with E-state index in [4.69, 9.17) is 9.15 Å². The van der Waals surface area contributed by atoms with Gasteiger partial charge in [0.15, 0.2) is 11.6 Å². The van der Waals surface area contributed by atoms with Crippen molar-refractivity contribution in [3.05, 3.63) is 53.2 Å². The third-order valence-corrected chi connectivity index (χ3v) is 6.62.